The van der Waals surface area contributed by atoms with Gasteiger partial charge in [-0.25, -0.2) is 13.4 Å². The summed E-state index contributed by atoms with van der Waals surface area (Å²) in [4.78, 5) is 4.90. The van der Waals surface area contributed by atoms with Gasteiger partial charge in [0.2, 0.25) is 0 Å². The van der Waals surface area contributed by atoms with Crippen LogP contribution < -0.4 is 10.6 Å². The minimum absolute atomic E-state index is 0.380. The van der Waals surface area contributed by atoms with E-state index in [1.54, 1.807) is 17.8 Å². The van der Waals surface area contributed by atoms with Gasteiger partial charge in [0.25, 0.3) is 0 Å². The lowest BCUT2D eigenvalue weighted by atomic mass is 10.1. The summed E-state index contributed by atoms with van der Waals surface area (Å²) in [6.45, 7) is 6.01. The molecular weight excluding hydrogens is 318 g/mol. The third-order valence-electron chi connectivity index (χ3n) is 3.00. The van der Waals surface area contributed by atoms with E-state index in [1.807, 2.05) is 26.0 Å². The van der Waals surface area contributed by atoms with Crippen LogP contribution in [0.25, 0.3) is 0 Å². The van der Waals surface area contributed by atoms with Gasteiger partial charge in [0.05, 0.1) is 11.4 Å². The Morgan fingerprint density at radius 2 is 2.05 bits per heavy atom. The summed E-state index contributed by atoms with van der Waals surface area (Å²) in [6, 6.07) is 5.35. The number of sulfone groups is 1. The molecule has 124 valence electrons. The molecule has 0 aliphatic heterocycles. The number of benzene rings is 1. The molecule has 2 N–H and O–H groups in total. The lowest BCUT2D eigenvalue weighted by Gasteiger charge is -2.11. The van der Waals surface area contributed by atoms with Crippen molar-refractivity contribution in [1.29, 1.82) is 0 Å². The third-order valence-corrected chi connectivity index (χ3v) is 4.87. The Balaban J connectivity index is 2.79. The highest BCUT2D eigenvalue weighted by molar-refractivity contribution is 7.98. The van der Waals surface area contributed by atoms with Crippen LogP contribution in [0, 0.1) is 6.92 Å². The summed E-state index contributed by atoms with van der Waals surface area (Å²) in [5.74, 6) is 1.80. The van der Waals surface area contributed by atoms with Crippen LogP contribution in [-0.2, 0) is 16.4 Å². The van der Waals surface area contributed by atoms with Crippen molar-refractivity contribution in [3.05, 3.63) is 29.3 Å². The summed E-state index contributed by atoms with van der Waals surface area (Å²) in [5.41, 5.74) is 1.75. The van der Waals surface area contributed by atoms with Crippen LogP contribution in [0.1, 0.15) is 18.1 Å². The van der Waals surface area contributed by atoms with Crippen molar-refractivity contribution in [1.82, 2.24) is 10.6 Å². The van der Waals surface area contributed by atoms with Gasteiger partial charge in [0.15, 0.2) is 15.8 Å². The van der Waals surface area contributed by atoms with Crippen LogP contribution in [0.3, 0.4) is 0 Å². The zero-order valence-electron chi connectivity index (χ0n) is 13.6. The first-order valence-corrected chi connectivity index (χ1v) is 10.5. The van der Waals surface area contributed by atoms with Gasteiger partial charge >= 0.3 is 0 Å². The standard InChI is InChI=1S/C15H25N3O2S2/c1-5-16-15(17-8-9-21-3)18-11-13-6-7-14(12(2)10-13)22(4,19)20/h6-7,10H,5,8-9,11H2,1-4H3,(H2,16,17,18). The van der Waals surface area contributed by atoms with Crippen LogP contribution >= 0.6 is 11.8 Å². The summed E-state index contributed by atoms with van der Waals surface area (Å²) < 4.78 is 23.2. The van der Waals surface area contributed by atoms with Gasteiger partial charge in [-0.05, 0) is 37.3 Å². The van der Waals surface area contributed by atoms with E-state index in [2.05, 4.69) is 21.9 Å². The highest BCUT2D eigenvalue weighted by atomic mass is 32.2. The molecule has 0 amide bonds. The van der Waals surface area contributed by atoms with Crippen LogP contribution in [0.4, 0.5) is 0 Å². The molecule has 1 aromatic rings. The normalized spacial score (nSPS) is 12.3. The minimum Gasteiger partial charge on any atom is -0.357 e. The van der Waals surface area contributed by atoms with Gasteiger partial charge in [0.1, 0.15) is 0 Å². The highest BCUT2D eigenvalue weighted by Crippen LogP contribution is 2.17. The molecule has 0 fully saturated rings. The summed E-state index contributed by atoms with van der Waals surface area (Å²) in [5, 5.41) is 6.46. The number of guanidine groups is 1. The Bertz CT molecular complexity index is 613. The van der Waals surface area contributed by atoms with Crippen LogP contribution in [0.15, 0.2) is 28.1 Å². The Morgan fingerprint density at radius 3 is 2.59 bits per heavy atom. The summed E-state index contributed by atoms with van der Waals surface area (Å²) in [7, 11) is -3.17. The molecular formula is C15H25N3O2S2. The average molecular weight is 344 g/mol. The quantitative estimate of drug-likeness (QED) is 0.449. The third kappa shape index (κ3) is 6.27. The maximum atomic E-state index is 11.6. The van der Waals surface area contributed by atoms with Crippen molar-refractivity contribution in [2.45, 2.75) is 25.3 Å². The molecule has 0 aliphatic carbocycles. The predicted octanol–water partition coefficient (Wildman–Crippen LogP) is 1.82. The summed E-state index contributed by atoms with van der Waals surface area (Å²) in [6.07, 6.45) is 3.30. The maximum Gasteiger partial charge on any atom is 0.191 e. The number of nitrogens with one attached hydrogen (secondary N) is 2. The summed E-state index contributed by atoms with van der Waals surface area (Å²) >= 11 is 1.78. The predicted molar refractivity (Wildman–Crippen MR) is 95.5 cm³/mol. The highest BCUT2D eigenvalue weighted by Gasteiger charge is 2.10. The Morgan fingerprint density at radius 1 is 1.32 bits per heavy atom. The fourth-order valence-corrected chi connectivity index (χ4v) is 3.27. The lowest BCUT2D eigenvalue weighted by molar-refractivity contribution is 0.601. The number of aryl methyl sites for hydroxylation is 1. The van der Waals surface area contributed by atoms with Crippen LogP contribution in [0.5, 0.6) is 0 Å². The SMILES string of the molecule is CCNC(=NCc1ccc(S(C)(=O)=O)c(C)c1)NCCSC. The number of rotatable bonds is 7. The largest absolute Gasteiger partial charge is 0.357 e. The number of aliphatic imine (C=N–C) groups is 1. The second-order valence-electron chi connectivity index (χ2n) is 4.99. The number of hydrogen-bond acceptors (Lipinski definition) is 4. The second-order valence-corrected chi connectivity index (χ2v) is 7.96. The molecule has 0 saturated carbocycles. The molecule has 5 nitrogen and oxygen atoms in total. The van der Waals surface area contributed by atoms with E-state index in [-0.39, 0.29) is 0 Å². The zero-order valence-corrected chi connectivity index (χ0v) is 15.3. The van der Waals surface area contributed by atoms with E-state index < -0.39 is 9.84 Å². The molecule has 0 bridgehead atoms. The Kier molecular flexibility index (Phi) is 7.75. The molecule has 1 rings (SSSR count). The van der Waals surface area contributed by atoms with Crippen molar-refractivity contribution in [3.63, 3.8) is 0 Å². The monoisotopic (exact) mass is 343 g/mol. The van der Waals surface area contributed by atoms with E-state index in [0.29, 0.717) is 11.4 Å². The first kappa shape index (κ1) is 18.8. The molecule has 0 atom stereocenters. The number of hydrogen-bond donors (Lipinski definition) is 2. The fraction of sp³-hybridized carbons (Fsp3) is 0.533. The molecule has 7 heteroatoms. The minimum atomic E-state index is -3.17. The van der Waals surface area contributed by atoms with Crippen LogP contribution in [0.2, 0.25) is 0 Å². The Hall–Kier alpha value is -1.21. The van der Waals surface area contributed by atoms with Crippen molar-refractivity contribution in [3.8, 4) is 0 Å². The average Bonchev–Trinajstić information content (AvgIpc) is 2.43. The van der Waals surface area contributed by atoms with Crippen molar-refractivity contribution < 1.29 is 8.42 Å². The molecule has 1 aromatic carbocycles. The van der Waals surface area contributed by atoms with Gasteiger partial charge < -0.3 is 10.6 Å². The first-order valence-electron chi connectivity index (χ1n) is 7.19. The van der Waals surface area contributed by atoms with E-state index >= 15 is 0 Å². The smallest absolute Gasteiger partial charge is 0.191 e. The van der Waals surface area contributed by atoms with Gasteiger partial charge in [-0.3, -0.25) is 0 Å². The maximum absolute atomic E-state index is 11.6. The van der Waals surface area contributed by atoms with Crippen molar-refractivity contribution >= 4 is 27.6 Å². The molecule has 0 heterocycles. The van der Waals surface area contributed by atoms with Gasteiger partial charge in [-0.15, -0.1) is 0 Å². The van der Waals surface area contributed by atoms with Crippen molar-refractivity contribution in [2.75, 3.05) is 31.4 Å². The molecule has 0 spiro atoms. The number of thioether (sulfide) groups is 1. The molecule has 0 saturated heterocycles. The fourth-order valence-electron chi connectivity index (χ4n) is 2.01. The zero-order chi connectivity index (χ0) is 16.6. The topological polar surface area (TPSA) is 70.6 Å². The van der Waals surface area contributed by atoms with Gasteiger partial charge in [0, 0.05) is 25.1 Å². The molecule has 0 unspecified atom stereocenters. The van der Waals surface area contributed by atoms with Gasteiger partial charge in [-0.1, -0.05) is 12.1 Å². The second kappa shape index (κ2) is 9.05. The molecule has 22 heavy (non-hydrogen) atoms. The van der Waals surface area contributed by atoms with E-state index in [4.69, 9.17) is 0 Å². The van der Waals surface area contributed by atoms with E-state index in [1.165, 1.54) is 6.26 Å². The molecule has 0 aromatic heterocycles. The lowest BCUT2D eigenvalue weighted by Crippen LogP contribution is -2.38. The van der Waals surface area contributed by atoms with E-state index in [9.17, 15) is 8.42 Å². The van der Waals surface area contributed by atoms with Crippen molar-refractivity contribution in [2.24, 2.45) is 4.99 Å². The Labute approximate surface area is 137 Å². The molecule has 0 aliphatic rings. The first-order chi connectivity index (χ1) is 10.4. The number of nitrogens with zero attached hydrogens (tertiary/aromatic N) is 1. The van der Waals surface area contributed by atoms with E-state index in [0.717, 1.165) is 35.9 Å². The molecule has 0 radical (unpaired) electrons. The van der Waals surface area contributed by atoms with Gasteiger partial charge in [-0.2, -0.15) is 11.8 Å². The van der Waals surface area contributed by atoms with Crippen LogP contribution in [-0.4, -0.2) is 45.7 Å².